The Balaban J connectivity index is 1.67. The zero-order valence-corrected chi connectivity index (χ0v) is 23.5. The molecule has 7 nitrogen and oxygen atoms in total. The van der Waals surface area contributed by atoms with E-state index in [0.29, 0.717) is 54.1 Å². The lowest BCUT2D eigenvalue weighted by molar-refractivity contribution is 0.206. The first kappa shape index (κ1) is 25.2. The number of furan rings is 1. The quantitative estimate of drug-likeness (QED) is 0.176. The average Bonchev–Trinajstić information content (AvgIpc) is 3.35. The van der Waals surface area contributed by atoms with E-state index < -0.39 is 0 Å². The highest BCUT2D eigenvalue weighted by atomic mass is 79.9. The summed E-state index contributed by atoms with van der Waals surface area (Å²) in [4.78, 5) is 18.3. The van der Waals surface area contributed by atoms with E-state index in [-0.39, 0.29) is 11.7 Å². The van der Waals surface area contributed by atoms with E-state index in [4.69, 9.17) is 18.9 Å². The Bertz CT molecular complexity index is 1670. The molecule has 5 aromatic rings. The second kappa shape index (κ2) is 10.5. The molecule has 5 rings (SSSR count). The Hall–Kier alpha value is -3.43. The molecule has 0 aliphatic rings. The van der Waals surface area contributed by atoms with Crippen molar-refractivity contribution < 1.29 is 13.9 Å². The van der Waals surface area contributed by atoms with Crippen molar-refractivity contribution in [3.63, 3.8) is 0 Å². The van der Waals surface area contributed by atoms with Crippen LogP contribution < -0.4 is 15.0 Å². The first-order valence-corrected chi connectivity index (χ1v) is 13.3. The van der Waals surface area contributed by atoms with Crippen LogP contribution in [0.15, 0.2) is 83.9 Å². The molecule has 1 atom stereocenters. The maximum absolute atomic E-state index is 13.5. The van der Waals surface area contributed by atoms with Crippen LogP contribution in [0.4, 0.5) is 0 Å². The Morgan fingerprint density at radius 1 is 1.11 bits per heavy atom. The lowest BCUT2D eigenvalue weighted by Gasteiger charge is -2.18. The fourth-order valence-corrected chi connectivity index (χ4v) is 4.76. The molecule has 0 aliphatic heterocycles. The number of fused-ring (bicyclic) bond motifs is 2. The van der Waals surface area contributed by atoms with Gasteiger partial charge in [-0.2, -0.15) is 9.78 Å². The van der Waals surface area contributed by atoms with E-state index in [1.165, 1.54) is 4.68 Å². The van der Waals surface area contributed by atoms with Crippen LogP contribution in [0, 0.1) is 0 Å². The molecular weight excluding hydrogens is 602 g/mol. The second-order valence-electron chi connectivity index (χ2n) is 8.42. The molecule has 37 heavy (non-hydrogen) atoms. The number of ether oxygens (including phenoxy) is 2. The van der Waals surface area contributed by atoms with E-state index >= 15 is 0 Å². The predicted octanol–water partition coefficient (Wildman–Crippen LogP) is 7.40. The van der Waals surface area contributed by atoms with Gasteiger partial charge in [-0.15, -0.1) is 0 Å². The van der Waals surface area contributed by atoms with Crippen molar-refractivity contribution in [2.75, 3.05) is 7.11 Å². The molecule has 3 aromatic carbocycles. The molecule has 0 amide bonds. The SMILES string of the molecule is CC[C@H](C)Oc1c(OC)cc(C=Nn2c(-c3cc4ccccc4o3)nc3ccccc3c2=O)c(Br)c1Br. The number of nitrogens with zero attached hydrogens (tertiary/aromatic N) is 3. The summed E-state index contributed by atoms with van der Waals surface area (Å²) >= 11 is 7.24. The molecule has 0 fully saturated rings. The molecule has 0 bridgehead atoms. The van der Waals surface area contributed by atoms with Gasteiger partial charge in [-0.05, 0) is 75.5 Å². The normalized spacial score (nSPS) is 12.5. The average molecular weight is 625 g/mol. The molecule has 0 unspecified atom stereocenters. The summed E-state index contributed by atoms with van der Waals surface area (Å²) in [6.07, 6.45) is 2.43. The highest BCUT2D eigenvalue weighted by Crippen LogP contribution is 2.43. The number of para-hydroxylation sites is 2. The second-order valence-corrected chi connectivity index (χ2v) is 10.0. The van der Waals surface area contributed by atoms with Gasteiger partial charge in [0.15, 0.2) is 17.3 Å². The summed E-state index contributed by atoms with van der Waals surface area (Å²) in [7, 11) is 1.58. The number of methoxy groups -OCH3 is 1. The van der Waals surface area contributed by atoms with E-state index in [1.807, 2.05) is 43.3 Å². The van der Waals surface area contributed by atoms with Crippen molar-refractivity contribution in [2.24, 2.45) is 5.10 Å². The molecule has 0 saturated heterocycles. The van der Waals surface area contributed by atoms with E-state index in [1.54, 1.807) is 37.6 Å². The minimum absolute atomic E-state index is 0.00485. The van der Waals surface area contributed by atoms with Crippen molar-refractivity contribution in [3.8, 4) is 23.1 Å². The highest BCUT2D eigenvalue weighted by Gasteiger charge is 2.20. The number of benzene rings is 3. The lowest BCUT2D eigenvalue weighted by Crippen LogP contribution is -2.20. The van der Waals surface area contributed by atoms with Gasteiger partial charge in [-0.3, -0.25) is 4.79 Å². The van der Waals surface area contributed by atoms with E-state index in [9.17, 15) is 4.79 Å². The number of rotatable bonds is 7. The number of halogens is 2. The molecule has 2 aromatic heterocycles. The van der Waals surface area contributed by atoms with Crippen LogP contribution >= 0.6 is 31.9 Å². The van der Waals surface area contributed by atoms with Gasteiger partial charge in [0.25, 0.3) is 5.56 Å². The van der Waals surface area contributed by atoms with Crippen molar-refractivity contribution in [3.05, 3.63) is 85.5 Å². The Kier molecular flexibility index (Phi) is 7.17. The zero-order chi connectivity index (χ0) is 26.1. The summed E-state index contributed by atoms with van der Waals surface area (Å²) in [5, 5.41) is 5.93. The molecular formula is C28H23Br2N3O4. The van der Waals surface area contributed by atoms with Crippen LogP contribution in [0.3, 0.4) is 0 Å². The maximum Gasteiger partial charge on any atom is 0.282 e. The van der Waals surface area contributed by atoms with Gasteiger partial charge in [0.1, 0.15) is 5.58 Å². The summed E-state index contributed by atoms with van der Waals surface area (Å²) in [6.45, 7) is 4.05. The van der Waals surface area contributed by atoms with Crippen molar-refractivity contribution in [1.29, 1.82) is 0 Å². The third-order valence-electron chi connectivity index (χ3n) is 5.98. The Labute approximate surface area is 230 Å². The van der Waals surface area contributed by atoms with Crippen LogP contribution in [0.1, 0.15) is 25.8 Å². The first-order chi connectivity index (χ1) is 17.9. The summed E-state index contributed by atoms with van der Waals surface area (Å²) in [6, 6.07) is 18.5. The van der Waals surface area contributed by atoms with Gasteiger partial charge in [0.05, 0.1) is 34.8 Å². The molecule has 2 heterocycles. The summed E-state index contributed by atoms with van der Waals surface area (Å²) in [5.74, 6) is 1.87. The van der Waals surface area contributed by atoms with Crippen LogP contribution in [0.5, 0.6) is 11.5 Å². The smallest absolute Gasteiger partial charge is 0.282 e. The molecule has 0 spiro atoms. The predicted molar refractivity (Wildman–Crippen MR) is 153 cm³/mol. The first-order valence-electron chi connectivity index (χ1n) is 11.7. The molecule has 9 heteroatoms. The number of hydrogen-bond donors (Lipinski definition) is 0. The summed E-state index contributed by atoms with van der Waals surface area (Å²) < 4.78 is 20.4. The zero-order valence-electron chi connectivity index (χ0n) is 20.4. The Morgan fingerprint density at radius 3 is 2.62 bits per heavy atom. The van der Waals surface area contributed by atoms with Crippen LogP contribution in [0.25, 0.3) is 33.5 Å². The third-order valence-corrected chi connectivity index (χ3v) is 8.12. The van der Waals surface area contributed by atoms with Crippen LogP contribution in [0.2, 0.25) is 0 Å². The van der Waals surface area contributed by atoms with Gasteiger partial charge < -0.3 is 13.9 Å². The highest BCUT2D eigenvalue weighted by molar-refractivity contribution is 9.13. The standard InChI is InChI=1S/C28H23Br2N3O4/c1-4-16(2)36-26-22(35-3)14-18(24(29)25(26)30)15-31-33-27(23-13-17-9-5-8-12-21(17)37-23)32-20-11-7-6-10-19(20)28(33)34/h5-16H,4H2,1-3H3/t16-/m0/s1. The largest absolute Gasteiger partial charge is 0.493 e. The van der Waals surface area contributed by atoms with Gasteiger partial charge >= 0.3 is 0 Å². The topological polar surface area (TPSA) is 78.8 Å². The minimum Gasteiger partial charge on any atom is -0.493 e. The van der Waals surface area contributed by atoms with Crippen molar-refractivity contribution >= 4 is 59.9 Å². The molecule has 0 aliphatic carbocycles. The molecule has 0 radical (unpaired) electrons. The Morgan fingerprint density at radius 2 is 1.86 bits per heavy atom. The summed E-state index contributed by atoms with van der Waals surface area (Å²) in [5.41, 5.74) is 1.63. The lowest BCUT2D eigenvalue weighted by atomic mass is 10.2. The maximum atomic E-state index is 13.5. The fourth-order valence-electron chi connectivity index (χ4n) is 3.85. The van der Waals surface area contributed by atoms with Gasteiger partial charge in [0, 0.05) is 15.4 Å². The molecule has 0 N–H and O–H groups in total. The van der Waals surface area contributed by atoms with Gasteiger partial charge in [-0.1, -0.05) is 37.3 Å². The number of aromatic nitrogens is 2. The minimum atomic E-state index is -0.309. The monoisotopic (exact) mass is 623 g/mol. The van der Waals surface area contributed by atoms with Crippen LogP contribution in [-0.4, -0.2) is 29.1 Å². The van der Waals surface area contributed by atoms with Crippen molar-refractivity contribution in [1.82, 2.24) is 9.66 Å². The van der Waals surface area contributed by atoms with Gasteiger partial charge in [-0.25, -0.2) is 4.98 Å². The molecule has 188 valence electrons. The molecule has 0 saturated carbocycles. The number of hydrogen-bond acceptors (Lipinski definition) is 6. The van der Waals surface area contributed by atoms with E-state index in [2.05, 4.69) is 43.9 Å². The fraction of sp³-hybridized carbons (Fsp3) is 0.179. The van der Waals surface area contributed by atoms with E-state index in [0.717, 1.165) is 11.8 Å². The van der Waals surface area contributed by atoms with Crippen LogP contribution in [-0.2, 0) is 0 Å². The van der Waals surface area contributed by atoms with Crippen molar-refractivity contribution in [2.45, 2.75) is 26.4 Å². The van der Waals surface area contributed by atoms with Gasteiger partial charge in [0.2, 0.25) is 5.82 Å². The third kappa shape index (κ3) is 4.81.